The number of esters is 1. The van der Waals surface area contributed by atoms with Gasteiger partial charge >= 0.3 is 5.97 Å². The lowest BCUT2D eigenvalue weighted by Crippen LogP contribution is -2.51. The Labute approximate surface area is 205 Å². The van der Waals surface area contributed by atoms with Crippen LogP contribution in [0.3, 0.4) is 0 Å². The quantitative estimate of drug-likeness (QED) is 0.113. The summed E-state index contributed by atoms with van der Waals surface area (Å²) < 4.78 is 10.8. The average molecular weight is 471 g/mol. The van der Waals surface area contributed by atoms with E-state index in [0.717, 1.165) is 38.5 Å². The van der Waals surface area contributed by atoms with E-state index in [1.165, 1.54) is 44.9 Å². The summed E-state index contributed by atoms with van der Waals surface area (Å²) in [4.78, 5) is 37.8. The number of hydrogen-bond acceptors (Lipinski definition) is 5. The van der Waals surface area contributed by atoms with E-state index in [4.69, 9.17) is 9.47 Å². The van der Waals surface area contributed by atoms with Crippen molar-refractivity contribution in [3.05, 3.63) is 47.8 Å². The molecule has 0 radical (unpaired) electrons. The predicted molar refractivity (Wildman–Crippen MR) is 135 cm³/mol. The van der Waals surface area contributed by atoms with Crippen molar-refractivity contribution >= 4 is 17.5 Å². The third-order valence-electron chi connectivity index (χ3n) is 6.37. The summed E-state index contributed by atoms with van der Waals surface area (Å²) in [5, 5.41) is 0. The highest BCUT2D eigenvalue weighted by molar-refractivity contribution is 6.26. The van der Waals surface area contributed by atoms with Crippen molar-refractivity contribution in [2.75, 3.05) is 0 Å². The smallest absolute Gasteiger partial charge is 0.307 e. The standard InChI is InChI=1S/C29H42O5/c1-4-5-6-7-8-9-10-11-12-13-14-15-16-17-18-19-27(31)34-29(3)26(30)21-24-20-23(2)33-22-25(24)28(29)32/h8-9,11-12,21-23H,4-7,10,13-20H2,1-3H3. The van der Waals surface area contributed by atoms with E-state index in [1.54, 1.807) is 0 Å². The molecule has 34 heavy (non-hydrogen) atoms. The maximum atomic E-state index is 12.9. The third-order valence-corrected chi connectivity index (χ3v) is 6.37. The average Bonchev–Trinajstić information content (AvgIpc) is 2.80. The molecule has 1 aliphatic heterocycles. The molecule has 5 heteroatoms. The van der Waals surface area contributed by atoms with Gasteiger partial charge in [-0.15, -0.1) is 0 Å². The van der Waals surface area contributed by atoms with Gasteiger partial charge in [-0.05, 0) is 64.0 Å². The van der Waals surface area contributed by atoms with Crippen LogP contribution in [0.5, 0.6) is 0 Å². The van der Waals surface area contributed by atoms with E-state index in [2.05, 4.69) is 31.2 Å². The minimum Gasteiger partial charge on any atom is -0.497 e. The van der Waals surface area contributed by atoms with Gasteiger partial charge in [0, 0.05) is 12.8 Å². The topological polar surface area (TPSA) is 69.7 Å². The second-order valence-corrected chi connectivity index (χ2v) is 9.53. The van der Waals surface area contributed by atoms with Gasteiger partial charge in [0.2, 0.25) is 17.2 Å². The molecule has 0 aromatic carbocycles. The second-order valence-electron chi connectivity index (χ2n) is 9.53. The Morgan fingerprint density at radius 1 is 1.03 bits per heavy atom. The normalized spacial score (nSPS) is 22.5. The molecular formula is C29H42O5. The molecule has 1 heterocycles. The molecule has 188 valence electrons. The highest BCUT2D eigenvalue weighted by Gasteiger charge is 2.49. The molecule has 2 atom stereocenters. The Kier molecular flexibility index (Phi) is 12.1. The highest BCUT2D eigenvalue weighted by Crippen LogP contribution is 2.34. The number of allylic oxidation sites excluding steroid dienone is 4. The summed E-state index contributed by atoms with van der Waals surface area (Å²) in [7, 11) is 0. The first-order valence-corrected chi connectivity index (χ1v) is 13.1. The largest absolute Gasteiger partial charge is 0.497 e. The molecule has 0 aromatic heterocycles. The molecule has 2 aliphatic rings. The van der Waals surface area contributed by atoms with Gasteiger partial charge in [0.15, 0.2) is 0 Å². The Morgan fingerprint density at radius 3 is 2.38 bits per heavy atom. The zero-order valence-corrected chi connectivity index (χ0v) is 21.3. The molecule has 0 saturated carbocycles. The maximum absolute atomic E-state index is 12.9. The Balaban J connectivity index is 1.58. The Bertz CT molecular complexity index is 816. The number of ether oxygens (including phenoxy) is 2. The summed E-state index contributed by atoms with van der Waals surface area (Å²) in [6.07, 6.45) is 24.6. The molecule has 0 saturated heterocycles. The Hall–Kier alpha value is -2.43. The fraction of sp³-hybridized carbons (Fsp3) is 0.621. The molecule has 0 bridgehead atoms. The lowest BCUT2D eigenvalue weighted by atomic mass is 9.79. The first-order chi connectivity index (χ1) is 16.4. The third kappa shape index (κ3) is 8.73. The molecule has 1 aliphatic carbocycles. The van der Waals surface area contributed by atoms with Crippen LogP contribution < -0.4 is 0 Å². The molecule has 0 spiro atoms. The Morgan fingerprint density at radius 2 is 1.68 bits per heavy atom. The SMILES string of the molecule is CCCCCC=CCC=CCCCCCCCC(=O)OC1(C)C(=O)C=C2CC(C)OC=C2C1=O. The van der Waals surface area contributed by atoms with Gasteiger partial charge < -0.3 is 9.47 Å². The molecule has 0 aromatic rings. The highest BCUT2D eigenvalue weighted by atomic mass is 16.6. The van der Waals surface area contributed by atoms with Gasteiger partial charge in [-0.25, -0.2) is 0 Å². The lowest BCUT2D eigenvalue weighted by Gasteiger charge is -2.33. The fourth-order valence-electron chi connectivity index (χ4n) is 4.18. The zero-order chi connectivity index (χ0) is 24.8. The molecule has 0 amide bonds. The van der Waals surface area contributed by atoms with Crippen molar-refractivity contribution in [2.45, 2.75) is 116 Å². The number of carbonyl (C=O) groups is 3. The lowest BCUT2D eigenvalue weighted by molar-refractivity contribution is -0.169. The van der Waals surface area contributed by atoms with Crippen LogP contribution in [-0.2, 0) is 23.9 Å². The van der Waals surface area contributed by atoms with E-state index in [-0.39, 0.29) is 12.5 Å². The minimum atomic E-state index is -1.78. The molecular weight excluding hydrogens is 428 g/mol. The summed E-state index contributed by atoms with van der Waals surface area (Å²) in [5.74, 6) is -1.46. The van der Waals surface area contributed by atoms with Crippen molar-refractivity contribution < 1.29 is 23.9 Å². The number of rotatable bonds is 15. The number of ketones is 2. The minimum absolute atomic E-state index is 0.0826. The van der Waals surface area contributed by atoms with E-state index in [1.807, 2.05) is 6.92 Å². The summed E-state index contributed by atoms with van der Waals surface area (Å²) >= 11 is 0. The van der Waals surface area contributed by atoms with E-state index >= 15 is 0 Å². The number of hydrogen-bond donors (Lipinski definition) is 0. The van der Waals surface area contributed by atoms with E-state index in [0.29, 0.717) is 24.0 Å². The van der Waals surface area contributed by atoms with Gasteiger partial charge in [-0.2, -0.15) is 0 Å². The van der Waals surface area contributed by atoms with Crippen LogP contribution in [-0.4, -0.2) is 29.2 Å². The van der Waals surface area contributed by atoms with Gasteiger partial charge in [0.05, 0.1) is 17.9 Å². The van der Waals surface area contributed by atoms with E-state index in [9.17, 15) is 14.4 Å². The summed E-state index contributed by atoms with van der Waals surface area (Å²) in [5.41, 5.74) is -0.783. The van der Waals surface area contributed by atoms with Crippen LogP contribution >= 0.6 is 0 Å². The van der Waals surface area contributed by atoms with Gasteiger partial charge in [0.1, 0.15) is 0 Å². The number of fused-ring (bicyclic) bond motifs is 1. The number of Topliss-reactive ketones (excluding diaryl/α,β-unsaturated/α-hetero) is 1. The van der Waals surface area contributed by atoms with Crippen molar-refractivity contribution in [2.24, 2.45) is 0 Å². The molecule has 0 N–H and O–H groups in total. The van der Waals surface area contributed by atoms with Crippen molar-refractivity contribution in [3.8, 4) is 0 Å². The van der Waals surface area contributed by atoms with Gasteiger partial charge in [-0.3, -0.25) is 14.4 Å². The maximum Gasteiger partial charge on any atom is 0.307 e. The molecule has 0 fully saturated rings. The summed E-state index contributed by atoms with van der Waals surface area (Å²) in [6, 6.07) is 0. The molecule has 2 rings (SSSR count). The summed E-state index contributed by atoms with van der Waals surface area (Å²) in [6.45, 7) is 5.49. The number of unbranched alkanes of at least 4 members (excludes halogenated alkanes) is 8. The van der Waals surface area contributed by atoms with Crippen molar-refractivity contribution in [1.29, 1.82) is 0 Å². The first-order valence-electron chi connectivity index (χ1n) is 13.1. The zero-order valence-electron chi connectivity index (χ0n) is 21.3. The fourth-order valence-corrected chi connectivity index (χ4v) is 4.18. The molecule has 2 unspecified atom stereocenters. The van der Waals surface area contributed by atoms with Crippen LogP contribution in [0.4, 0.5) is 0 Å². The second kappa shape index (κ2) is 14.7. The first kappa shape index (κ1) is 27.8. The van der Waals surface area contributed by atoms with Gasteiger partial charge in [-0.1, -0.05) is 63.3 Å². The van der Waals surface area contributed by atoms with Crippen molar-refractivity contribution in [3.63, 3.8) is 0 Å². The van der Waals surface area contributed by atoms with E-state index < -0.39 is 23.1 Å². The van der Waals surface area contributed by atoms with Crippen LogP contribution in [0.2, 0.25) is 0 Å². The van der Waals surface area contributed by atoms with Gasteiger partial charge in [0.25, 0.3) is 0 Å². The molecule has 5 nitrogen and oxygen atoms in total. The number of carbonyl (C=O) groups excluding carboxylic acids is 3. The monoisotopic (exact) mass is 470 g/mol. The van der Waals surface area contributed by atoms with Crippen LogP contribution in [0.1, 0.15) is 104 Å². The predicted octanol–water partition coefficient (Wildman–Crippen LogP) is 6.87. The van der Waals surface area contributed by atoms with Crippen LogP contribution in [0, 0.1) is 0 Å². The van der Waals surface area contributed by atoms with Crippen LogP contribution in [0.15, 0.2) is 47.8 Å². The van der Waals surface area contributed by atoms with Crippen LogP contribution in [0.25, 0.3) is 0 Å². The van der Waals surface area contributed by atoms with Crippen molar-refractivity contribution in [1.82, 2.24) is 0 Å².